The van der Waals surface area contributed by atoms with E-state index in [2.05, 4.69) is 42.5 Å². The Morgan fingerprint density at radius 1 is 1.19 bits per heavy atom. The Hall–Kier alpha value is -1.02. The van der Waals surface area contributed by atoms with E-state index in [4.69, 9.17) is 9.47 Å². The summed E-state index contributed by atoms with van der Waals surface area (Å²) in [6, 6.07) is 8.16. The predicted octanol–water partition coefficient (Wildman–Crippen LogP) is 4.35. The Morgan fingerprint density at radius 3 is 2.44 bits per heavy atom. The molecule has 0 unspecified atom stereocenters. The quantitative estimate of drug-likeness (QED) is 0.324. The second-order valence-corrected chi connectivity index (χ2v) is 8.20. The molecule has 0 aromatic heterocycles. The number of nitrogens with zero attached hydrogens (tertiary/aromatic N) is 1. The highest BCUT2D eigenvalue weighted by atomic mass is 127. The minimum Gasteiger partial charge on any atom is -0.488 e. The summed E-state index contributed by atoms with van der Waals surface area (Å²) in [5, 5.41) is 6.92. The molecule has 0 aliphatic heterocycles. The van der Waals surface area contributed by atoms with Gasteiger partial charge in [0.25, 0.3) is 0 Å². The standard InChI is InChI=1S/C21H35N3O2.HI/c1-20(2,3)26-18-10-7-6-9-17(18)15-23-19(22-4)24-16-21(11-8-12-21)13-14-25-5;/h6-7,9-10H,8,11-16H2,1-5H3,(H2,22,23,24);1H. The second kappa shape index (κ2) is 11.1. The highest BCUT2D eigenvalue weighted by Gasteiger charge is 2.36. The highest BCUT2D eigenvalue weighted by Crippen LogP contribution is 2.43. The summed E-state index contributed by atoms with van der Waals surface area (Å²) in [5.74, 6) is 1.75. The number of halogens is 1. The molecule has 27 heavy (non-hydrogen) atoms. The fourth-order valence-corrected chi connectivity index (χ4v) is 3.26. The lowest BCUT2D eigenvalue weighted by atomic mass is 9.67. The van der Waals surface area contributed by atoms with Crippen LogP contribution in [-0.2, 0) is 11.3 Å². The Balaban J connectivity index is 0.00000364. The lowest BCUT2D eigenvalue weighted by Gasteiger charge is -2.42. The number of nitrogens with one attached hydrogen (secondary N) is 2. The number of hydrogen-bond acceptors (Lipinski definition) is 3. The summed E-state index contributed by atoms with van der Waals surface area (Å²) in [6.45, 7) is 8.64. The van der Waals surface area contributed by atoms with Crippen LogP contribution in [0.2, 0.25) is 0 Å². The summed E-state index contributed by atoms with van der Waals surface area (Å²) >= 11 is 0. The molecule has 1 fully saturated rings. The molecule has 5 nitrogen and oxygen atoms in total. The zero-order valence-electron chi connectivity index (χ0n) is 17.4. The van der Waals surface area contributed by atoms with Crippen molar-refractivity contribution < 1.29 is 9.47 Å². The van der Waals surface area contributed by atoms with Gasteiger partial charge in [-0.15, -0.1) is 24.0 Å². The number of rotatable bonds is 8. The Labute approximate surface area is 181 Å². The van der Waals surface area contributed by atoms with Crippen LogP contribution in [0.4, 0.5) is 0 Å². The van der Waals surface area contributed by atoms with Crippen molar-refractivity contribution in [2.75, 3.05) is 27.3 Å². The van der Waals surface area contributed by atoms with Gasteiger partial charge in [0.05, 0.1) is 0 Å². The topological polar surface area (TPSA) is 54.9 Å². The van der Waals surface area contributed by atoms with Gasteiger partial charge in [-0.1, -0.05) is 24.6 Å². The molecule has 0 radical (unpaired) electrons. The van der Waals surface area contributed by atoms with Crippen LogP contribution in [0.3, 0.4) is 0 Å². The molecular weight excluding hydrogens is 453 g/mol. The third-order valence-electron chi connectivity index (χ3n) is 4.94. The largest absolute Gasteiger partial charge is 0.488 e. The van der Waals surface area contributed by atoms with Crippen molar-refractivity contribution >= 4 is 29.9 Å². The lowest BCUT2D eigenvalue weighted by molar-refractivity contribution is 0.0732. The zero-order valence-corrected chi connectivity index (χ0v) is 19.8. The third-order valence-corrected chi connectivity index (χ3v) is 4.94. The molecule has 0 spiro atoms. The van der Waals surface area contributed by atoms with Crippen LogP contribution in [0.15, 0.2) is 29.3 Å². The number of para-hydroxylation sites is 1. The first-order valence-corrected chi connectivity index (χ1v) is 9.58. The van der Waals surface area contributed by atoms with E-state index in [0.717, 1.165) is 36.8 Å². The molecule has 1 saturated carbocycles. The minimum atomic E-state index is -0.214. The van der Waals surface area contributed by atoms with Gasteiger partial charge in [0.15, 0.2) is 5.96 Å². The zero-order chi connectivity index (χ0) is 19.0. The molecule has 1 aromatic carbocycles. The predicted molar refractivity (Wildman–Crippen MR) is 123 cm³/mol. The number of ether oxygens (including phenoxy) is 2. The van der Waals surface area contributed by atoms with Crippen molar-refractivity contribution in [2.24, 2.45) is 10.4 Å². The van der Waals surface area contributed by atoms with E-state index in [1.165, 1.54) is 19.3 Å². The highest BCUT2D eigenvalue weighted by molar-refractivity contribution is 14.0. The maximum absolute atomic E-state index is 6.07. The van der Waals surface area contributed by atoms with Gasteiger partial charge in [-0.2, -0.15) is 0 Å². The van der Waals surface area contributed by atoms with E-state index in [9.17, 15) is 0 Å². The van der Waals surface area contributed by atoms with E-state index in [-0.39, 0.29) is 29.6 Å². The first-order chi connectivity index (χ1) is 12.4. The molecular formula is C21H36IN3O2. The average Bonchev–Trinajstić information content (AvgIpc) is 2.56. The molecule has 1 aliphatic carbocycles. The van der Waals surface area contributed by atoms with Crippen molar-refractivity contribution in [1.82, 2.24) is 10.6 Å². The Bertz CT molecular complexity index is 595. The summed E-state index contributed by atoms with van der Waals surface area (Å²) < 4.78 is 11.3. The third kappa shape index (κ3) is 7.86. The van der Waals surface area contributed by atoms with Gasteiger partial charge in [-0.3, -0.25) is 4.99 Å². The van der Waals surface area contributed by atoms with Gasteiger partial charge in [-0.05, 0) is 51.5 Å². The first kappa shape index (κ1) is 24.0. The molecule has 0 heterocycles. The summed E-state index contributed by atoms with van der Waals surface area (Å²) in [6.07, 6.45) is 4.95. The Kier molecular flexibility index (Phi) is 9.87. The molecule has 0 bridgehead atoms. The summed E-state index contributed by atoms with van der Waals surface area (Å²) in [4.78, 5) is 4.37. The molecule has 154 valence electrons. The summed E-state index contributed by atoms with van der Waals surface area (Å²) in [5.41, 5.74) is 1.28. The summed E-state index contributed by atoms with van der Waals surface area (Å²) in [7, 11) is 3.59. The number of guanidine groups is 1. The van der Waals surface area contributed by atoms with Crippen molar-refractivity contribution in [2.45, 2.75) is 58.6 Å². The van der Waals surface area contributed by atoms with Crippen molar-refractivity contribution in [3.8, 4) is 5.75 Å². The SMILES string of the molecule is CN=C(NCc1ccccc1OC(C)(C)C)NCC1(CCOC)CCC1.I. The van der Waals surface area contributed by atoms with Crippen LogP contribution in [0.1, 0.15) is 52.0 Å². The normalized spacial score (nSPS) is 16.1. The van der Waals surface area contributed by atoms with Crippen molar-refractivity contribution in [1.29, 1.82) is 0 Å². The van der Waals surface area contributed by atoms with E-state index in [1.54, 1.807) is 7.11 Å². The average molecular weight is 489 g/mol. The smallest absolute Gasteiger partial charge is 0.191 e. The van der Waals surface area contributed by atoms with E-state index < -0.39 is 0 Å². The van der Waals surface area contributed by atoms with E-state index >= 15 is 0 Å². The molecule has 6 heteroatoms. The van der Waals surface area contributed by atoms with Crippen LogP contribution in [-0.4, -0.2) is 38.9 Å². The lowest BCUT2D eigenvalue weighted by Crippen LogP contribution is -2.46. The molecule has 2 rings (SSSR count). The minimum absolute atomic E-state index is 0. The van der Waals surface area contributed by atoms with Gasteiger partial charge in [0, 0.05) is 39.4 Å². The van der Waals surface area contributed by atoms with E-state index in [0.29, 0.717) is 12.0 Å². The van der Waals surface area contributed by atoms with Crippen LogP contribution in [0.25, 0.3) is 0 Å². The first-order valence-electron chi connectivity index (χ1n) is 9.58. The van der Waals surface area contributed by atoms with Crippen LogP contribution >= 0.6 is 24.0 Å². The molecule has 0 atom stereocenters. The fraction of sp³-hybridized carbons (Fsp3) is 0.667. The van der Waals surface area contributed by atoms with Gasteiger partial charge < -0.3 is 20.1 Å². The number of methoxy groups -OCH3 is 1. The van der Waals surface area contributed by atoms with Gasteiger partial charge in [0.2, 0.25) is 0 Å². The number of aliphatic imine (C=N–C) groups is 1. The maximum atomic E-state index is 6.07. The molecule has 1 aromatic rings. The van der Waals surface area contributed by atoms with Crippen molar-refractivity contribution in [3.63, 3.8) is 0 Å². The van der Waals surface area contributed by atoms with E-state index in [1.807, 2.05) is 25.2 Å². The van der Waals surface area contributed by atoms with Crippen LogP contribution < -0.4 is 15.4 Å². The fourth-order valence-electron chi connectivity index (χ4n) is 3.26. The van der Waals surface area contributed by atoms with Gasteiger partial charge >= 0.3 is 0 Å². The molecule has 1 aliphatic rings. The molecule has 0 saturated heterocycles. The maximum Gasteiger partial charge on any atom is 0.191 e. The number of benzene rings is 1. The number of hydrogen-bond donors (Lipinski definition) is 2. The second-order valence-electron chi connectivity index (χ2n) is 8.20. The van der Waals surface area contributed by atoms with Crippen molar-refractivity contribution in [3.05, 3.63) is 29.8 Å². The van der Waals surface area contributed by atoms with Crippen LogP contribution in [0, 0.1) is 5.41 Å². The monoisotopic (exact) mass is 489 g/mol. The van der Waals surface area contributed by atoms with Gasteiger partial charge in [-0.25, -0.2) is 0 Å². The van der Waals surface area contributed by atoms with Crippen LogP contribution in [0.5, 0.6) is 5.75 Å². The Morgan fingerprint density at radius 2 is 1.89 bits per heavy atom. The van der Waals surface area contributed by atoms with Gasteiger partial charge in [0.1, 0.15) is 11.4 Å². The molecule has 2 N–H and O–H groups in total. The molecule has 0 amide bonds.